The molecule has 0 heterocycles. The van der Waals surface area contributed by atoms with Gasteiger partial charge in [-0.05, 0) is 31.1 Å². The Hall–Kier alpha value is -0.130. The first-order valence-electron chi connectivity index (χ1n) is 6.87. The molecule has 1 unspecified atom stereocenters. The predicted molar refractivity (Wildman–Crippen MR) is 76.0 cm³/mol. The summed E-state index contributed by atoms with van der Waals surface area (Å²) in [5.41, 5.74) is -0.0172. The zero-order chi connectivity index (χ0) is 14.0. The van der Waals surface area contributed by atoms with Gasteiger partial charge in [0.15, 0.2) is 0 Å². The van der Waals surface area contributed by atoms with Gasteiger partial charge in [0.2, 0.25) is 10.0 Å². The fourth-order valence-electron chi connectivity index (χ4n) is 1.36. The third kappa shape index (κ3) is 4.86. The zero-order valence-electron chi connectivity index (χ0n) is 12.3. The molecular weight excluding hydrogens is 248 g/mol. The molecule has 4 nitrogen and oxygen atoms in total. The Labute approximate surface area is 112 Å². The molecule has 0 aromatic heterocycles. The van der Waals surface area contributed by atoms with Crippen LogP contribution in [-0.2, 0) is 10.0 Å². The molecule has 0 aliphatic heterocycles. The molecule has 1 rings (SSSR count). The Bertz CT molecular complexity index is 359. The summed E-state index contributed by atoms with van der Waals surface area (Å²) in [6.45, 7) is 11.2. The van der Waals surface area contributed by atoms with E-state index in [-0.39, 0.29) is 10.7 Å². The van der Waals surface area contributed by atoms with Crippen LogP contribution in [0.3, 0.4) is 0 Å². The maximum absolute atomic E-state index is 12.1. The Morgan fingerprint density at radius 1 is 1.22 bits per heavy atom. The first-order valence-corrected chi connectivity index (χ1v) is 8.41. The molecule has 1 saturated carbocycles. The van der Waals surface area contributed by atoms with Gasteiger partial charge in [-0.1, -0.05) is 27.7 Å². The van der Waals surface area contributed by atoms with Gasteiger partial charge in [-0.2, -0.15) is 0 Å². The fraction of sp³-hybridized carbons (Fsp3) is 1.00. The lowest BCUT2D eigenvalue weighted by atomic mass is 9.81. The van der Waals surface area contributed by atoms with E-state index in [0.717, 1.165) is 0 Å². The molecule has 2 N–H and O–H groups in total. The quantitative estimate of drug-likeness (QED) is 0.710. The van der Waals surface area contributed by atoms with Gasteiger partial charge in [0, 0.05) is 19.1 Å². The molecule has 0 aromatic carbocycles. The van der Waals surface area contributed by atoms with Crippen molar-refractivity contribution in [3.05, 3.63) is 0 Å². The smallest absolute Gasteiger partial charge is 0.215 e. The zero-order valence-corrected chi connectivity index (χ0v) is 13.1. The third-order valence-electron chi connectivity index (χ3n) is 4.09. The van der Waals surface area contributed by atoms with Crippen molar-refractivity contribution in [1.82, 2.24) is 10.0 Å². The van der Waals surface area contributed by atoms with Crippen molar-refractivity contribution < 1.29 is 8.42 Å². The number of hydrogen-bond donors (Lipinski definition) is 2. The molecule has 0 aromatic rings. The van der Waals surface area contributed by atoms with E-state index in [2.05, 4.69) is 37.7 Å². The molecule has 0 bridgehead atoms. The first-order chi connectivity index (χ1) is 8.15. The van der Waals surface area contributed by atoms with Gasteiger partial charge in [-0.25, -0.2) is 13.1 Å². The highest BCUT2D eigenvalue weighted by molar-refractivity contribution is 7.90. The number of rotatable bonds is 8. The monoisotopic (exact) mass is 276 g/mol. The Morgan fingerprint density at radius 2 is 1.78 bits per heavy atom. The molecule has 1 aliphatic carbocycles. The molecule has 0 spiro atoms. The lowest BCUT2D eigenvalue weighted by molar-refractivity contribution is 0.252. The van der Waals surface area contributed by atoms with Crippen LogP contribution in [0.25, 0.3) is 0 Å². The predicted octanol–water partition coefficient (Wildman–Crippen LogP) is 1.73. The molecule has 5 heteroatoms. The largest absolute Gasteiger partial charge is 0.313 e. The van der Waals surface area contributed by atoms with Crippen LogP contribution in [0.4, 0.5) is 0 Å². The van der Waals surface area contributed by atoms with E-state index in [1.807, 2.05) is 0 Å². The highest BCUT2D eigenvalue weighted by atomic mass is 32.2. The van der Waals surface area contributed by atoms with Crippen LogP contribution in [-0.4, -0.2) is 32.8 Å². The van der Waals surface area contributed by atoms with Gasteiger partial charge < -0.3 is 5.32 Å². The fourth-order valence-corrected chi connectivity index (χ4v) is 2.54. The summed E-state index contributed by atoms with van der Waals surface area (Å²) in [5, 5.41) is 2.89. The van der Waals surface area contributed by atoms with Crippen LogP contribution in [0.1, 0.15) is 47.5 Å². The van der Waals surface area contributed by atoms with Gasteiger partial charge in [-0.15, -0.1) is 0 Å². The second-order valence-electron chi connectivity index (χ2n) is 6.50. The summed E-state index contributed by atoms with van der Waals surface area (Å²) in [4.78, 5) is 0. The Morgan fingerprint density at radius 3 is 2.22 bits per heavy atom. The maximum Gasteiger partial charge on any atom is 0.215 e. The number of sulfonamides is 1. The van der Waals surface area contributed by atoms with E-state index >= 15 is 0 Å². The average molecular weight is 276 g/mol. The van der Waals surface area contributed by atoms with E-state index < -0.39 is 10.0 Å². The standard InChI is InChI=1S/C13H28N2O2S/c1-10(2)13(4,5)9-15-18(16,17)11(3)8-14-12-6-7-12/h10-12,14-15H,6-9H2,1-5H3. The van der Waals surface area contributed by atoms with Gasteiger partial charge in [0.1, 0.15) is 0 Å². The highest BCUT2D eigenvalue weighted by Gasteiger charge is 2.28. The van der Waals surface area contributed by atoms with E-state index in [9.17, 15) is 8.42 Å². The van der Waals surface area contributed by atoms with Crippen molar-refractivity contribution in [2.75, 3.05) is 13.1 Å². The van der Waals surface area contributed by atoms with Gasteiger partial charge in [0.05, 0.1) is 5.25 Å². The van der Waals surface area contributed by atoms with Crippen molar-refractivity contribution in [1.29, 1.82) is 0 Å². The molecule has 0 amide bonds. The number of nitrogens with one attached hydrogen (secondary N) is 2. The minimum absolute atomic E-state index is 0.0172. The molecule has 1 atom stereocenters. The summed E-state index contributed by atoms with van der Waals surface area (Å²) < 4.78 is 26.9. The van der Waals surface area contributed by atoms with Crippen LogP contribution < -0.4 is 10.0 Å². The molecule has 0 saturated heterocycles. The number of hydrogen-bond acceptors (Lipinski definition) is 3. The normalized spacial score (nSPS) is 19.2. The summed E-state index contributed by atoms with van der Waals surface area (Å²) in [6.07, 6.45) is 2.36. The molecule has 18 heavy (non-hydrogen) atoms. The van der Waals surface area contributed by atoms with Crippen molar-refractivity contribution in [2.24, 2.45) is 11.3 Å². The van der Waals surface area contributed by atoms with Crippen LogP contribution in [0.15, 0.2) is 0 Å². The Balaban J connectivity index is 2.42. The summed E-state index contributed by atoms with van der Waals surface area (Å²) in [7, 11) is -3.21. The van der Waals surface area contributed by atoms with E-state index in [0.29, 0.717) is 25.0 Å². The maximum atomic E-state index is 12.1. The van der Waals surface area contributed by atoms with Crippen molar-refractivity contribution in [3.8, 4) is 0 Å². The average Bonchev–Trinajstić information content (AvgIpc) is 3.07. The molecular formula is C13H28N2O2S. The molecule has 0 radical (unpaired) electrons. The van der Waals surface area contributed by atoms with E-state index in [1.165, 1.54) is 12.8 Å². The highest BCUT2D eigenvalue weighted by Crippen LogP contribution is 2.25. The molecule has 1 fully saturated rings. The van der Waals surface area contributed by atoms with Crippen LogP contribution in [0.2, 0.25) is 0 Å². The second-order valence-corrected chi connectivity index (χ2v) is 8.69. The van der Waals surface area contributed by atoms with Crippen molar-refractivity contribution in [2.45, 2.75) is 58.8 Å². The summed E-state index contributed by atoms with van der Waals surface area (Å²) in [6, 6.07) is 0.551. The first kappa shape index (κ1) is 15.9. The van der Waals surface area contributed by atoms with Gasteiger partial charge in [0.25, 0.3) is 0 Å². The van der Waals surface area contributed by atoms with E-state index in [1.54, 1.807) is 6.92 Å². The van der Waals surface area contributed by atoms with Crippen molar-refractivity contribution in [3.63, 3.8) is 0 Å². The minimum atomic E-state index is -3.21. The lowest BCUT2D eigenvalue weighted by Crippen LogP contribution is -2.44. The lowest BCUT2D eigenvalue weighted by Gasteiger charge is -2.30. The summed E-state index contributed by atoms with van der Waals surface area (Å²) in [5.74, 6) is 0.445. The second kappa shape index (κ2) is 5.88. The van der Waals surface area contributed by atoms with Crippen LogP contribution in [0, 0.1) is 11.3 Å². The minimum Gasteiger partial charge on any atom is -0.313 e. The van der Waals surface area contributed by atoms with Crippen molar-refractivity contribution >= 4 is 10.0 Å². The Kier molecular flexibility index (Phi) is 5.21. The van der Waals surface area contributed by atoms with Crippen LogP contribution in [0.5, 0.6) is 0 Å². The van der Waals surface area contributed by atoms with E-state index in [4.69, 9.17) is 0 Å². The SMILES string of the molecule is CC(C)C(C)(C)CNS(=O)(=O)C(C)CNC1CC1. The van der Waals surface area contributed by atoms with Crippen LogP contribution >= 0.6 is 0 Å². The third-order valence-corrected chi connectivity index (χ3v) is 5.87. The molecule has 108 valence electrons. The molecule has 1 aliphatic rings. The topological polar surface area (TPSA) is 58.2 Å². The van der Waals surface area contributed by atoms with Gasteiger partial charge >= 0.3 is 0 Å². The van der Waals surface area contributed by atoms with Gasteiger partial charge in [-0.3, -0.25) is 0 Å². The summed E-state index contributed by atoms with van der Waals surface area (Å²) >= 11 is 0.